The molecule has 0 aromatic carbocycles. The van der Waals surface area contributed by atoms with Gasteiger partial charge in [0.05, 0.1) is 0 Å². The molecular formula is C14H28ClN. The predicted molar refractivity (Wildman–Crippen MR) is 73.3 cm³/mol. The molecule has 0 aromatic heterocycles. The Morgan fingerprint density at radius 1 is 1.00 bits per heavy atom. The summed E-state index contributed by atoms with van der Waals surface area (Å²) in [7, 11) is 0. The predicted octanol–water partition coefficient (Wildman–Crippen LogP) is 4.49. The lowest BCUT2D eigenvalue weighted by atomic mass is 9.78. The second-order valence-electron chi connectivity index (χ2n) is 5.32. The van der Waals surface area contributed by atoms with E-state index >= 15 is 0 Å². The van der Waals surface area contributed by atoms with Crippen molar-refractivity contribution in [1.82, 2.24) is 5.32 Å². The summed E-state index contributed by atoms with van der Waals surface area (Å²) >= 11 is 5.99. The van der Waals surface area contributed by atoms with Gasteiger partial charge < -0.3 is 5.32 Å². The van der Waals surface area contributed by atoms with E-state index in [0.29, 0.717) is 5.54 Å². The van der Waals surface area contributed by atoms with Crippen molar-refractivity contribution in [1.29, 1.82) is 0 Å². The van der Waals surface area contributed by atoms with Gasteiger partial charge in [-0.1, -0.05) is 45.4 Å². The fourth-order valence-electron chi connectivity index (χ4n) is 2.40. The summed E-state index contributed by atoms with van der Waals surface area (Å²) in [5, 5.41) is 3.65. The standard InChI is InChI=1S/C14H28ClN/c1-2-3-4-5-6-7-8-12-16-14(13-15)10-9-11-14/h16H,2-13H2,1H3. The SMILES string of the molecule is CCCCCCCCCNC1(CCl)CCC1. The molecule has 1 aliphatic rings. The van der Waals surface area contributed by atoms with E-state index in [1.165, 1.54) is 70.8 Å². The lowest BCUT2D eigenvalue weighted by molar-refractivity contribution is 0.212. The molecule has 2 heteroatoms. The van der Waals surface area contributed by atoms with Crippen molar-refractivity contribution in [3.63, 3.8) is 0 Å². The van der Waals surface area contributed by atoms with Gasteiger partial charge in [-0.3, -0.25) is 0 Å². The lowest BCUT2D eigenvalue weighted by Crippen LogP contribution is -2.52. The van der Waals surface area contributed by atoms with Gasteiger partial charge in [0.15, 0.2) is 0 Å². The van der Waals surface area contributed by atoms with Crippen LogP contribution in [-0.4, -0.2) is 18.0 Å². The summed E-state index contributed by atoms with van der Waals surface area (Å²) in [6.07, 6.45) is 13.7. The summed E-state index contributed by atoms with van der Waals surface area (Å²) < 4.78 is 0. The molecule has 96 valence electrons. The van der Waals surface area contributed by atoms with Crippen LogP contribution in [0.15, 0.2) is 0 Å². The summed E-state index contributed by atoms with van der Waals surface area (Å²) in [6.45, 7) is 3.44. The molecule has 16 heavy (non-hydrogen) atoms. The Bertz CT molecular complexity index is 161. The van der Waals surface area contributed by atoms with E-state index in [1.54, 1.807) is 0 Å². The molecular weight excluding hydrogens is 218 g/mol. The van der Waals surface area contributed by atoms with E-state index in [1.807, 2.05) is 0 Å². The Hall–Kier alpha value is 0.250. The zero-order valence-electron chi connectivity index (χ0n) is 10.9. The van der Waals surface area contributed by atoms with Crippen molar-refractivity contribution in [3.8, 4) is 0 Å². The van der Waals surface area contributed by atoms with Crippen LogP contribution in [0.25, 0.3) is 0 Å². The first-order valence-corrected chi connectivity index (χ1v) is 7.67. The molecule has 1 saturated carbocycles. The number of alkyl halides is 1. The molecule has 0 aromatic rings. The Morgan fingerprint density at radius 3 is 2.12 bits per heavy atom. The van der Waals surface area contributed by atoms with E-state index in [-0.39, 0.29) is 0 Å². The smallest absolute Gasteiger partial charge is 0.0406 e. The van der Waals surface area contributed by atoms with Crippen molar-refractivity contribution in [2.75, 3.05) is 12.4 Å². The second kappa shape index (κ2) is 8.36. The van der Waals surface area contributed by atoms with Crippen molar-refractivity contribution >= 4 is 11.6 Å². The molecule has 1 nitrogen and oxygen atoms in total. The monoisotopic (exact) mass is 245 g/mol. The summed E-state index contributed by atoms with van der Waals surface area (Å²) in [5.41, 5.74) is 0.323. The number of halogens is 1. The summed E-state index contributed by atoms with van der Waals surface area (Å²) in [4.78, 5) is 0. The maximum atomic E-state index is 5.99. The van der Waals surface area contributed by atoms with Crippen molar-refractivity contribution < 1.29 is 0 Å². The first-order valence-electron chi connectivity index (χ1n) is 7.14. The Balaban J connectivity index is 1.84. The largest absolute Gasteiger partial charge is 0.310 e. The minimum absolute atomic E-state index is 0.323. The van der Waals surface area contributed by atoms with Crippen LogP contribution < -0.4 is 5.32 Å². The molecule has 1 fully saturated rings. The molecule has 0 spiro atoms. The van der Waals surface area contributed by atoms with Crippen LogP contribution in [-0.2, 0) is 0 Å². The maximum absolute atomic E-state index is 5.99. The molecule has 0 heterocycles. The molecule has 0 saturated heterocycles. The molecule has 0 aliphatic heterocycles. The number of nitrogens with one attached hydrogen (secondary N) is 1. The highest BCUT2D eigenvalue weighted by molar-refractivity contribution is 6.18. The molecule has 1 aliphatic carbocycles. The third kappa shape index (κ3) is 5.05. The van der Waals surface area contributed by atoms with Crippen LogP contribution >= 0.6 is 11.6 Å². The van der Waals surface area contributed by atoms with E-state index < -0.39 is 0 Å². The average molecular weight is 246 g/mol. The van der Waals surface area contributed by atoms with Gasteiger partial charge in [-0.05, 0) is 32.2 Å². The fraction of sp³-hybridized carbons (Fsp3) is 1.00. The highest BCUT2D eigenvalue weighted by atomic mass is 35.5. The van der Waals surface area contributed by atoms with Crippen LogP contribution in [0.2, 0.25) is 0 Å². The van der Waals surface area contributed by atoms with E-state index in [2.05, 4.69) is 12.2 Å². The maximum Gasteiger partial charge on any atom is 0.0406 e. The van der Waals surface area contributed by atoms with Gasteiger partial charge in [0.1, 0.15) is 0 Å². The quantitative estimate of drug-likeness (QED) is 0.442. The highest BCUT2D eigenvalue weighted by Gasteiger charge is 2.34. The van der Waals surface area contributed by atoms with E-state index in [4.69, 9.17) is 11.6 Å². The number of rotatable bonds is 10. The van der Waals surface area contributed by atoms with Crippen LogP contribution in [0.3, 0.4) is 0 Å². The van der Waals surface area contributed by atoms with Gasteiger partial charge in [-0.2, -0.15) is 0 Å². The van der Waals surface area contributed by atoms with Crippen LogP contribution in [0, 0.1) is 0 Å². The first-order chi connectivity index (χ1) is 7.83. The van der Waals surface area contributed by atoms with Gasteiger partial charge in [0, 0.05) is 11.4 Å². The fourth-order valence-corrected chi connectivity index (χ4v) is 2.76. The Labute approximate surface area is 106 Å². The van der Waals surface area contributed by atoms with Crippen molar-refractivity contribution in [2.24, 2.45) is 0 Å². The molecule has 0 amide bonds. The van der Waals surface area contributed by atoms with Gasteiger partial charge in [0.2, 0.25) is 0 Å². The topological polar surface area (TPSA) is 12.0 Å². The third-order valence-corrected chi connectivity index (χ3v) is 4.36. The lowest BCUT2D eigenvalue weighted by Gasteiger charge is -2.41. The third-order valence-electron chi connectivity index (χ3n) is 3.85. The van der Waals surface area contributed by atoms with Crippen molar-refractivity contribution in [3.05, 3.63) is 0 Å². The summed E-state index contributed by atoms with van der Waals surface area (Å²) in [5.74, 6) is 0.795. The molecule has 0 bridgehead atoms. The molecule has 0 unspecified atom stereocenters. The average Bonchev–Trinajstić information content (AvgIpc) is 2.25. The second-order valence-corrected chi connectivity index (χ2v) is 5.58. The number of unbranched alkanes of at least 4 members (excludes halogenated alkanes) is 6. The molecule has 0 radical (unpaired) electrons. The Morgan fingerprint density at radius 2 is 1.62 bits per heavy atom. The molecule has 1 N–H and O–H groups in total. The minimum Gasteiger partial charge on any atom is -0.310 e. The van der Waals surface area contributed by atoms with Gasteiger partial charge in [0.25, 0.3) is 0 Å². The van der Waals surface area contributed by atoms with E-state index in [0.717, 1.165) is 5.88 Å². The van der Waals surface area contributed by atoms with Crippen LogP contribution in [0.5, 0.6) is 0 Å². The normalized spacial score (nSPS) is 18.4. The van der Waals surface area contributed by atoms with Crippen LogP contribution in [0.4, 0.5) is 0 Å². The summed E-state index contributed by atoms with van der Waals surface area (Å²) in [6, 6.07) is 0. The number of hydrogen-bond acceptors (Lipinski definition) is 1. The zero-order chi connectivity index (χ0) is 11.7. The van der Waals surface area contributed by atoms with E-state index in [9.17, 15) is 0 Å². The zero-order valence-corrected chi connectivity index (χ0v) is 11.6. The molecule has 1 rings (SSSR count). The van der Waals surface area contributed by atoms with Gasteiger partial charge >= 0.3 is 0 Å². The van der Waals surface area contributed by atoms with Gasteiger partial charge in [-0.25, -0.2) is 0 Å². The van der Waals surface area contributed by atoms with Crippen LogP contribution in [0.1, 0.15) is 71.1 Å². The van der Waals surface area contributed by atoms with Crippen molar-refractivity contribution in [2.45, 2.75) is 76.7 Å². The van der Waals surface area contributed by atoms with Gasteiger partial charge in [-0.15, -0.1) is 11.6 Å². The minimum atomic E-state index is 0.323. The molecule has 0 atom stereocenters. The number of hydrogen-bond donors (Lipinski definition) is 1. The first kappa shape index (κ1) is 14.3. The highest BCUT2D eigenvalue weighted by Crippen LogP contribution is 2.32. The Kier molecular flexibility index (Phi) is 7.47.